The van der Waals surface area contributed by atoms with Gasteiger partial charge in [0.2, 0.25) is 0 Å². The number of carbonyl (C=O) groups is 2. The van der Waals surface area contributed by atoms with E-state index < -0.39 is 11.9 Å². The van der Waals surface area contributed by atoms with Crippen LogP contribution in [0.1, 0.15) is 22.8 Å². The molecule has 0 unspecified atom stereocenters. The third kappa shape index (κ3) is 5.73. The summed E-state index contributed by atoms with van der Waals surface area (Å²) in [5.41, 5.74) is 6.48. The summed E-state index contributed by atoms with van der Waals surface area (Å²) < 4.78 is 4.69. The third-order valence-electron chi connectivity index (χ3n) is 2.31. The van der Waals surface area contributed by atoms with Crippen molar-refractivity contribution in [2.45, 2.75) is 13.8 Å². The van der Waals surface area contributed by atoms with Crippen molar-refractivity contribution >= 4 is 17.8 Å². The zero-order valence-corrected chi connectivity index (χ0v) is 11.7. The zero-order valence-electron chi connectivity index (χ0n) is 11.7. The highest BCUT2D eigenvalue weighted by molar-refractivity contribution is 5.91. The highest BCUT2D eigenvalue weighted by Gasteiger charge is 2.10. The lowest BCUT2D eigenvalue weighted by atomic mass is 10.2. The molecule has 0 fully saturated rings. The van der Waals surface area contributed by atoms with E-state index >= 15 is 0 Å². The lowest BCUT2D eigenvalue weighted by Crippen LogP contribution is -2.06. The van der Waals surface area contributed by atoms with Gasteiger partial charge in [0.25, 0.3) is 0 Å². The normalized spacial score (nSPS) is 9.24. The van der Waals surface area contributed by atoms with Gasteiger partial charge in [0, 0.05) is 13.1 Å². The molecular weight excluding hydrogens is 272 g/mol. The number of hydrogen-bond donors (Lipinski definition) is 2. The molecule has 0 saturated heterocycles. The van der Waals surface area contributed by atoms with Gasteiger partial charge in [0.15, 0.2) is 0 Å². The van der Waals surface area contributed by atoms with E-state index in [1.807, 2.05) is 19.1 Å². The van der Waals surface area contributed by atoms with Crippen molar-refractivity contribution in [3.05, 3.63) is 53.7 Å². The van der Waals surface area contributed by atoms with Gasteiger partial charge in [-0.15, -0.1) is 0 Å². The molecule has 2 aromatic rings. The Hall–Kier alpha value is -2.89. The predicted octanol–water partition coefficient (Wildman–Crippen LogP) is 2.28. The Balaban J connectivity index is 0.000000235. The molecule has 21 heavy (non-hydrogen) atoms. The van der Waals surface area contributed by atoms with Crippen molar-refractivity contribution in [1.82, 2.24) is 4.98 Å². The maximum absolute atomic E-state index is 10.6. The first-order chi connectivity index (χ1) is 9.90. The van der Waals surface area contributed by atoms with Crippen LogP contribution in [-0.4, -0.2) is 22.0 Å². The van der Waals surface area contributed by atoms with E-state index in [0.717, 1.165) is 5.56 Å². The minimum absolute atomic E-state index is 0.0160. The Labute approximate surface area is 122 Å². The van der Waals surface area contributed by atoms with Crippen LogP contribution in [0.3, 0.4) is 0 Å². The number of benzene rings is 1. The second-order valence-corrected chi connectivity index (χ2v) is 4.15. The molecule has 1 aromatic heterocycles. The summed E-state index contributed by atoms with van der Waals surface area (Å²) in [5, 5.41) is 8.69. The number of carboxylic acids is 1. The quantitative estimate of drug-likeness (QED) is 0.649. The van der Waals surface area contributed by atoms with Gasteiger partial charge >= 0.3 is 11.9 Å². The first kappa shape index (κ1) is 16.2. The minimum atomic E-state index is -1.11. The second kappa shape index (κ2) is 7.64. The molecule has 0 atom stereocenters. The van der Waals surface area contributed by atoms with Gasteiger partial charge in [-0.25, -0.2) is 9.78 Å². The summed E-state index contributed by atoms with van der Waals surface area (Å²) in [6, 6.07) is 9.73. The van der Waals surface area contributed by atoms with Gasteiger partial charge in [0.1, 0.15) is 17.1 Å². The average molecular weight is 288 g/mol. The zero-order chi connectivity index (χ0) is 15.8. The number of para-hydroxylation sites is 1. The Morgan fingerprint density at radius 3 is 2.38 bits per heavy atom. The largest absolute Gasteiger partial charge is 0.478 e. The molecule has 0 saturated carbocycles. The molecule has 1 heterocycles. The van der Waals surface area contributed by atoms with Gasteiger partial charge in [-0.2, -0.15) is 0 Å². The summed E-state index contributed by atoms with van der Waals surface area (Å²) in [4.78, 5) is 25.0. The Bertz CT molecular complexity index is 624. The summed E-state index contributed by atoms with van der Waals surface area (Å²) in [6.07, 6.45) is 1.70. The second-order valence-electron chi connectivity index (χ2n) is 4.15. The third-order valence-corrected chi connectivity index (χ3v) is 2.31. The number of nitrogens with two attached hydrogens (primary N) is 1. The lowest BCUT2D eigenvalue weighted by molar-refractivity contribution is -0.131. The fraction of sp³-hybridized carbons (Fsp3) is 0.133. The molecule has 0 aliphatic carbocycles. The number of rotatable bonds is 2. The molecule has 2 rings (SSSR count). The number of esters is 1. The van der Waals surface area contributed by atoms with Crippen LogP contribution in [0.2, 0.25) is 0 Å². The molecule has 6 nitrogen and oxygen atoms in total. The summed E-state index contributed by atoms with van der Waals surface area (Å²) in [5.74, 6) is -0.988. The van der Waals surface area contributed by atoms with E-state index in [9.17, 15) is 9.59 Å². The van der Waals surface area contributed by atoms with Crippen molar-refractivity contribution < 1.29 is 19.4 Å². The predicted molar refractivity (Wildman–Crippen MR) is 78.1 cm³/mol. The van der Waals surface area contributed by atoms with Crippen LogP contribution < -0.4 is 10.5 Å². The van der Waals surface area contributed by atoms with Crippen LogP contribution in [0.25, 0.3) is 0 Å². The molecule has 3 N–H and O–H groups in total. The van der Waals surface area contributed by atoms with Crippen molar-refractivity contribution in [3.8, 4) is 5.75 Å². The van der Waals surface area contributed by atoms with Crippen LogP contribution >= 0.6 is 0 Å². The number of carbonyl (C=O) groups excluding carboxylic acids is 1. The number of ether oxygens (including phenoxy) is 1. The van der Waals surface area contributed by atoms with E-state index in [2.05, 4.69) is 9.72 Å². The first-order valence-electron chi connectivity index (χ1n) is 6.09. The van der Waals surface area contributed by atoms with E-state index in [4.69, 9.17) is 10.8 Å². The topological polar surface area (TPSA) is 103 Å². The number of nitrogens with zero attached hydrogens (tertiary/aromatic N) is 1. The molecule has 0 radical (unpaired) electrons. The molecule has 1 aromatic carbocycles. The Kier molecular flexibility index (Phi) is 5.88. The fourth-order valence-corrected chi connectivity index (χ4v) is 1.45. The van der Waals surface area contributed by atoms with Crippen molar-refractivity contribution in [2.75, 3.05) is 5.73 Å². The number of pyridine rings is 1. The van der Waals surface area contributed by atoms with Gasteiger partial charge in [0.05, 0.1) is 0 Å². The number of aromatic nitrogens is 1. The number of hydrogen-bond acceptors (Lipinski definition) is 5. The monoisotopic (exact) mass is 288 g/mol. The molecule has 110 valence electrons. The lowest BCUT2D eigenvalue weighted by Gasteiger charge is -2.03. The highest BCUT2D eigenvalue weighted by Crippen LogP contribution is 2.17. The Morgan fingerprint density at radius 1 is 1.24 bits per heavy atom. The number of anilines is 1. The summed E-state index contributed by atoms with van der Waals surface area (Å²) in [6.45, 7) is 3.21. The molecule has 0 amide bonds. The van der Waals surface area contributed by atoms with E-state index in [0.29, 0.717) is 5.82 Å². The van der Waals surface area contributed by atoms with Crippen LogP contribution in [0.5, 0.6) is 5.75 Å². The standard InChI is InChI=1S/C9H8O4.C6H8N2/c1-6(10)13-8-5-3-2-4-7(8)9(11)12;1-5-2-3-8-6(7)4-5/h2-5H,1H3,(H,11,12);2-4H,1H3,(H2,7,8). The van der Waals surface area contributed by atoms with Crippen LogP contribution in [0.4, 0.5) is 5.82 Å². The van der Waals surface area contributed by atoms with Crippen molar-refractivity contribution in [2.24, 2.45) is 0 Å². The SMILES string of the molecule is CC(=O)Oc1ccccc1C(=O)O.Cc1ccnc(N)c1. The summed E-state index contributed by atoms with van der Waals surface area (Å²) in [7, 11) is 0. The minimum Gasteiger partial charge on any atom is -0.478 e. The molecular formula is C15H16N2O4. The van der Waals surface area contributed by atoms with Crippen molar-refractivity contribution in [3.63, 3.8) is 0 Å². The number of aryl methyl sites for hydroxylation is 1. The number of nitrogen functional groups attached to an aromatic ring is 1. The van der Waals surface area contributed by atoms with Crippen LogP contribution in [-0.2, 0) is 4.79 Å². The first-order valence-corrected chi connectivity index (χ1v) is 6.09. The average Bonchev–Trinajstić information content (AvgIpc) is 2.38. The maximum atomic E-state index is 10.6. The van der Waals surface area contributed by atoms with Crippen molar-refractivity contribution in [1.29, 1.82) is 0 Å². The number of aromatic carboxylic acids is 1. The van der Waals surface area contributed by atoms with E-state index in [1.165, 1.54) is 19.1 Å². The number of carboxylic acid groups (broad SMARTS) is 1. The molecule has 0 spiro atoms. The van der Waals surface area contributed by atoms with Gasteiger partial charge < -0.3 is 15.6 Å². The molecule has 0 aliphatic rings. The van der Waals surface area contributed by atoms with E-state index in [1.54, 1.807) is 18.3 Å². The van der Waals surface area contributed by atoms with Crippen LogP contribution in [0.15, 0.2) is 42.6 Å². The van der Waals surface area contributed by atoms with Gasteiger partial charge in [-0.1, -0.05) is 12.1 Å². The molecule has 0 aliphatic heterocycles. The van der Waals surface area contributed by atoms with E-state index in [-0.39, 0.29) is 11.3 Å². The maximum Gasteiger partial charge on any atom is 0.339 e. The highest BCUT2D eigenvalue weighted by atomic mass is 16.5. The fourth-order valence-electron chi connectivity index (χ4n) is 1.45. The molecule has 0 bridgehead atoms. The molecule has 6 heteroatoms. The smallest absolute Gasteiger partial charge is 0.339 e. The Morgan fingerprint density at radius 2 is 1.90 bits per heavy atom. The van der Waals surface area contributed by atoms with Gasteiger partial charge in [-0.3, -0.25) is 4.79 Å². The summed E-state index contributed by atoms with van der Waals surface area (Å²) >= 11 is 0. The van der Waals surface area contributed by atoms with Crippen LogP contribution in [0, 0.1) is 6.92 Å². The van der Waals surface area contributed by atoms with Gasteiger partial charge in [-0.05, 0) is 36.8 Å².